The Morgan fingerprint density at radius 3 is 2.34 bits per heavy atom. The van der Waals surface area contributed by atoms with Gasteiger partial charge in [-0.15, -0.1) is 0 Å². The molecule has 0 aliphatic rings. The number of esters is 1. The third-order valence-electron chi connectivity index (χ3n) is 3.69. The number of amides is 1. The number of nitro groups is 1. The van der Waals surface area contributed by atoms with Crippen LogP contribution in [0.15, 0.2) is 30.3 Å². The van der Waals surface area contributed by atoms with Crippen molar-refractivity contribution >= 4 is 34.9 Å². The molecule has 154 valence electrons. The minimum absolute atomic E-state index is 0.00965. The number of nitro benzene ring substituents is 1. The molecule has 0 radical (unpaired) electrons. The van der Waals surface area contributed by atoms with E-state index in [9.17, 15) is 19.7 Å². The van der Waals surface area contributed by atoms with Crippen molar-refractivity contribution in [2.24, 2.45) is 0 Å². The Hall–Kier alpha value is -3.53. The fourth-order valence-electron chi connectivity index (χ4n) is 2.42. The predicted molar refractivity (Wildman–Crippen MR) is 103 cm³/mol. The average Bonchev–Trinajstić information content (AvgIpc) is 2.71. The summed E-state index contributed by atoms with van der Waals surface area (Å²) in [6.07, 6.45) is 0. The molecule has 0 heterocycles. The Morgan fingerprint density at radius 2 is 1.76 bits per heavy atom. The molecule has 0 aliphatic carbocycles. The van der Waals surface area contributed by atoms with Crippen molar-refractivity contribution in [3.8, 4) is 17.2 Å². The second-order valence-corrected chi connectivity index (χ2v) is 5.86. The fraction of sp³-hybridized carbons (Fsp3) is 0.222. The van der Waals surface area contributed by atoms with E-state index >= 15 is 0 Å². The number of carbonyl (C=O) groups is 2. The Balaban J connectivity index is 2.12. The molecule has 0 aromatic heterocycles. The zero-order chi connectivity index (χ0) is 21.6. The highest BCUT2D eigenvalue weighted by Gasteiger charge is 2.23. The number of hydrogen-bond acceptors (Lipinski definition) is 8. The molecule has 0 spiro atoms. The van der Waals surface area contributed by atoms with Crippen molar-refractivity contribution < 1.29 is 33.5 Å². The number of hydrogen-bond donors (Lipinski definition) is 1. The second kappa shape index (κ2) is 9.60. The summed E-state index contributed by atoms with van der Waals surface area (Å²) >= 11 is 5.73. The molecule has 2 aromatic rings. The first-order valence-corrected chi connectivity index (χ1v) is 8.40. The van der Waals surface area contributed by atoms with Gasteiger partial charge in [0, 0.05) is 11.1 Å². The quantitative estimate of drug-likeness (QED) is 0.389. The fourth-order valence-corrected chi connectivity index (χ4v) is 2.59. The van der Waals surface area contributed by atoms with Gasteiger partial charge in [0.05, 0.1) is 26.3 Å². The summed E-state index contributed by atoms with van der Waals surface area (Å²) in [5.74, 6) is -1.03. The molecule has 2 aromatic carbocycles. The highest BCUT2D eigenvalue weighted by atomic mass is 35.5. The van der Waals surface area contributed by atoms with Crippen LogP contribution in [-0.4, -0.2) is 44.7 Å². The van der Waals surface area contributed by atoms with Crippen molar-refractivity contribution in [3.05, 3.63) is 51.0 Å². The van der Waals surface area contributed by atoms with Crippen LogP contribution < -0.4 is 19.5 Å². The van der Waals surface area contributed by atoms with E-state index in [1.165, 1.54) is 45.6 Å². The van der Waals surface area contributed by atoms with Crippen LogP contribution >= 0.6 is 11.6 Å². The number of ether oxygens (including phenoxy) is 4. The van der Waals surface area contributed by atoms with Gasteiger partial charge in [-0.05, 0) is 24.3 Å². The van der Waals surface area contributed by atoms with E-state index in [0.717, 1.165) is 6.07 Å². The first-order chi connectivity index (χ1) is 13.8. The molecular formula is C18H17ClN2O8. The van der Waals surface area contributed by atoms with Crippen molar-refractivity contribution in [1.82, 2.24) is 0 Å². The van der Waals surface area contributed by atoms with Gasteiger partial charge >= 0.3 is 5.97 Å². The van der Waals surface area contributed by atoms with E-state index in [1.54, 1.807) is 0 Å². The molecule has 10 nitrogen and oxygen atoms in total. The zero-order valence-corrected chi connectivity index (χ0v) is 16.4. The lowest BCUT2D eigenvalue weighted by atomic mass is 10.1. The number of anilines is 1. The van der Waals surface area contributed by atoms with Crippen molar-refractivity contribution in [3.63, 3.8) is 0 Å². The summed E-state index contributed by atoms with van der Waals surface area (Å²) < 4.78 is 20.5. The maximum Gasteiger partial charge on any atom is 0.342 e. The average molecular weight is 425 g/mol. The Labute approximate surface area is 170 Å². The molecule has 0 aliphatic heterocycles. The highest BCUT2D eigenvalue weighted by molar-refractivity contribution is 6.31. The molecule has 1 amide bonds. The van der Waals surface area contributed by atoms with E-state index in [2.05, 4.69) is 5.32 Å². The molecule has 0 atom stereocenters. The molecule has 1 N–H and O–H groups in total. The standard InChI is InChI=1S/C18H17ClN2O8/c1-26-14-7-5-11(16(27-2)17(14)28-3)18(23)29-9-15(22)20-12-6-4-10(19)8-13(12)21(24)25/h4-8H,9H2,1-3H3,(H,20,22). The Kier molecular flexibility index (Phi) is 7.21. The molecule has 0 unspecified atom stereocenters. The summed E-state index contributed by atoms with van der Waals surface area (Å²) in [5.41, 5.74) is -0.460. The largest absolute Gasteiger partial charge is 0.493 e. The summed E-state index contributed by atoms with van der Waals surface area (Å²) in [4.78, 5) is 34.8. The Morgan fingerprint density at radius 1 is 1.07 bits per heavy atom. The maximum atomic E-state index is 12.4. The topological polar surface area (TPSA) is 126 Å². The van der Waals surface area contributed by atoms with Gasteiger partial charge in [0.15, 0.2) is 18.1 Å². The first-order valence-electron chi connectivity index (χ1n) is 8.02. The van der Waals surface area contributed by atoms with E-state index in [0.29, 0.717) is 5.75 Å². The number of nitrogens with zero attached hydrogens (tertiary/aromatic N) is 1. The summed E-state index contributed by atoms with van der Waals surface area (Å²) in [7, 11) is 4.14. The second-order valence-electron chi connectivity index (χ2n) is 5.42. The number of halogens is 1. The lowest BCUT2D eigenvalue weighted by Gasteiger charge is -2.15. The molecule has 0 bridgehead atoms. The van der Waals surface area contributed by atoms with Crippen LogP contribution in [0.25, 0.3) is 0 Å². The van der Waals surface area contributed by atoms with Crippen LogP contribution in [0.1, 0.15) is 10.4 Å². The first kappa shape index (κ1) is 21.8. The number of carbonyl (C=O) groups excluding carboxylic acids is 2. The highest BCUT2D eigenvalue weighted by Crippen LogP contribution is 2.40. The summed E-state index contributed by atoms with van der Waals surface area (Å²) in [6.45, 7) is -0.684. The van der Waals surface area contributed by atoms with Gasteiger partial charge in [-0.2, -0.15) is 0 Å². The Bertz CT molecular complexity index is 948. The van der Waals surface area contributed by atoms with Crippen LogP contribution in [-0.2, 0) is 9.53 Å². The monoisotopic (exact) mass is 424 g/mol. The number of nitrogens with one attached hydrogen (secondary N) is 1. The van der Waals surface area contributed by atoms with Crippen LogP contribution in [0.4, 0.5) is 11.4 Å². The van der Waals surface area contributed by atoms with Gasteiger partial charge in [-0.3, -0.25) is 14.9 Å². The lowest BCUT2D eigenvalue weighted by molar-refractivity contribution is -0.383. The van der Waals surface area contributed by atoms with E-state index < -0.39 is 29.1 Å². The maximum absolute atomic E-state index is 12.4. The minimum Gasteiger partial charge on any atom is -0.493 e. The normalized spacial score (nSPS) is 10.1. The summed E-state index contributed by atoms with van der Waals surface area (Å²) in [5, 5.41) is 13.5. The number of methoxy groups -OCH3 is 3. The SMILES string of the molecule is COc1ccc(C(=O)OCC(=O)Nc2ccc(Cl)cc2[N+](=O)[O-])c(OC)c1OC. The van der Waals surface area contributed by atoms with Gasteiger partial charge in [0.1, 0.15) is 11.3 Å². The van der Waals surface area contributed by atoms with E-state index in [-0.39, 0.29) is 27.8 Å². The van der Waals surface area contributed by atoms with Crippen molar-refractivity contribution in [2.45, 2.75) is 0 Å². The van der Waals surface area contributed by atoms with Gasteiger partial charge in [-0.1, -0.05) is 11.6 Å². The zero-order valence-electron chi connectivity index (χ0n) is 15.7. The molecule has 2 rings (SSSR count). The van der Waals surface area contributed by atoms with Gasteiger partial charge in [0.2, 0.25) is 5.75 Å². The van der Waals surface area contributed by atoms with Crippen molar-refractivity contribution in [2.75, 3.05) is 33.3 Å². The molecule has 29 heavy (non-hydrogen) atoms. The number of rotatable bonds is 8. The third-order valence-corrected chi connectivity index (χ3v) is 3.92. The van der Waals surface area contributed by atoms with E-state index in [1.807, 2.05) is 0 Å². The van der Waals surface area contributed by atoms with Crippen molar-refractivity contribution in [1.29, 1.82) is 0 Å². The van der Waals surface area contributed by atoms with Gasteiger partial charge in [0.25, 0.3) is 11.6 Å². The van der Waals surface area contributed by atoms with Crippen LogP contribution in [0.5, 0.6) is 17.2 Å². The molecule has 0 saturated carbocycles. The molecule has 0 saturated heterocycles. The van der Waals surface area contributed by atoms with Gasteiger partial charge < -0.3 is 24.3 Å². The van der Waals surface area contributed by atoms with Crippen LogP contribution in [0.2, 0.25) is 5.02 Å². The summed E-state index contributed by atoms with van der Waals surface area (Å²) in [6, 6.07) is 6.62. The smallest absolute Gasteiger partial charge is 0.342 e. The minimum atomic E-state index is -0.858. The third kappa shape index (κ3) is 5.05. The van der Waals surface area contributed by atoms with E-state index in [4.69, 9.17) is 30.5 Å². The predicted octanol–water partition coefficient (Wildman–Crippen LogP) is 3.07. The lowest BCUT2D eigenvalue weighted by Crippen LogP contribution is -2.21. The van der Waals surface area contributed by atoms with Gasteiger partial charge in [-0.25, -0.2) is 4.79 Å². The van der Waals surface area contributed by atoms with Crippen LogP contribution in [0.3, 0.4) is 0 Å². The van der Waals surface area contributed by atoms with Crippen LogP contribution in [0, 0.1) is 10.1 Å². The molecule has 0 fully saturated rings. The number of benzene rings is 2. The molecular weight excluding hydrogens is 408 g/mol. The molecule has 11 heteroatoms.